The lowest BCUT2D eigenvalue weighted by Crippen LogP contribution is -2.19. The van der Waals surface area contributed by atoms with Crippen molar-refractivity contribution in [1.82, 2.24) is 4.90 Å². The lowest BCUT2D eigenvalue weighted by atomic mass is 9.98. The van der Waals surface area contributed by atoms with Gasteiger partial charge in [0.05, 0.1) is 13.2 Å². The molecule has 1 saturated heterocycles. The zero-order valence-corrected chi connectivity index (χ0v) is 13.3. The first-order chi connectivity index (χ1) is 10.3. The Morgan fingerprint density at radius 1 is 1.14 bits per heavy atom. The van der Waals surface area contributed by atoms with Crippen molar-refractivity contribution in [1.29, 1.82) is 0 Å². The van der Waals surface area contributed by atoms with E-state index in [4.69, 9.17) is 9.47 Å². The molecule has 1 saturated carbocycles. The molecular weight excluding hydrogens is 262 g/mol. The Balaban J connectivity index is 1.76. The maximum Gasteiger partial charge on any atom is 0.161 e. The number of hydrogen-bond donors (Lipinski definition) is 0. The Labute approximate surface area is 128 Å². The van der Waals surface area contributed by atoms with Crippen molar-refractivity contribution in [2.75, 3.05) is 26.7 Å². The number of nitrogens with zero attached hydrogens (tertiary/aromatic N) is 1. The highest BCUT2D eigenvalue weighted by Gasteiger charge is 2.24. The van der Waals surface area contributed by atoms with Crippen LogP contribution < -0.4 is 9.47 Å². The lowest BCUT2D eigenvalue weighted by Gasteiger charge is -2.19. The zero-order valence-electron chi connectivity index (χ0n) is 13.3. The summed E-state index contributed by atoms with van der Waals surface area (Å²) in [5.74, 6) is 2.45. The van der Waals surface area contributed by atoms with Crippen LogP contribution in [0.1, 0.15) is 50.5 Å². The van der Waals surface area contributed by atoms with E-state index in [1.165, 1.54) is 50.8 Å². The summed E-state index contributed by atoms with van der Waals surface area (Å²) >= 11 is 0. The molecule has 2 aliphatic rings. The fourth-order valence-corrected chi connectivity index (χ4v) is 3.62. The van der Waals surface area contributed by atoms with Gasteiger partial charge in [-0.05, 0) is 68.8 Å². The first kappa shape index (κ1) is 14.7. The highest BCUT2D eigenvalue weighted by Crippen LogP contribution is 2.36. The molecule has 0 N–H and O–H groups in total. The highest BCUT2D eigenvalue weighted by atomic mass is 16.5. The second-order valence-electron chi connectivity index (χ2n) is 6.31. The molecule has 1 aromatic rings. The topological polar surface area (TPSA) is 21.7 Å². The normalized spacial score (nSPS) is 23.6. The number of benzene rings is 1. The number of likely N-dealkylation sites (N-methyl/N-ethyl adjacent to an activating group) is 1. The fraction of sp³-hybridized carbons (Fsp3) is 0.667. The van der Waals surface area contributed by atoms with Crippen LogP contribution >= 0.6 is 0 Å². The first-order valence-electron chi connectivity index (χ1n) is 8.37. The van der Waals surface area contributed by atoms with Gasteiger partial charge in [0.15, 0.2) is 11.5 Å². The number of ether oxygens (including phenoxy) is 2. The van der Waals surface area contributed by atoms with E-state index in [1.54, 1.807) is 7.11 Å². The summed E-state index contributed by atoms with van der Waals surface area (Å²) in [7, 11) is 1.73. The van der Waals surface area contributed by atoms with Crippen LogP contribution in [0.5, 0.6) is 11.5 Å². The fourth-order valence-electron chi connectivity index (χ4n) is 3.62. The molecule has 1 aliphatic carbocycles. The van der Waals surface area contributed by atoms with Crippen molar-refractivity contribution in [3.63, 3.8) is 0 Å². The summed E-state index contributed by atoms with van der Waals surface area (Å²) in [6.45, 7) is 5.78. The van der Waals surface area contributed by atoms with E-state index in [-0.39, 0.29) is 0 Å². The van der Waals surface area contributed by atoms with Crippen LogP contribution in [0.15, 0.2) is 18.2 Å². The lowest BCUT2D eigenvalue weighted by molar-refractivity contribution is 0.200. The van der Waals surface area contributed by atoms with E-state index >= 15 is 0 Å². The van der Waals surface area contributed by atoms with E-state index < -0.39 is 0 Å². The van der Waals surface area contributed by atoms with Gasteiger partial charge in [-0.15, -0.1) is 0 Å². The molecule has 2 fully saturated rings. The van der Waals surface area contributed by atoms with Gasteiger partial charge in [-0.2, -0.15) is 0 Å². The molecule has 0 spiro atoms. The molecule has 3 rings (SSSR count). The second-order valence-corrected chi connectivity index (χ2v) is 6.31. The summed E-state index contributed by atoms with van der Waals surface area (Å²) in [5, 5.41) is 0. The van der Waals surface area contributed by atoms with Crippen LogP contribution in [0, 0.1) is 0 Å². The predicted molar refractivity (Wildman–Crippen MR) is 85.4 cm³/mol. The molecule has 0 radical (unpaired) electrons. The molecule has 1 atom stereocenters. The second kappa shape index (κ2) is 6.69. The molecule has 1 aromatic carbocycles. The molecule has 0 amide bonds. The largest absolute Gasteiger partial charge is 0.493 e. The molecule has 1 unspecified atom stereocenters. The van der Waals surface area contributed by atoms with Crippen LogP contribution in [-0.2, 0) is 0 Å². The Morgan fingerprint density at radius 2 is 1.95 bits per heavy atom. The van der Waals surface area contributed by atoms with Gasteiger partial charge in [-0.1, -0.05) is 13.0 Å². The summed E-state index contributed by atoms with van der Waals surface area (Å²) < 4.78 is 11.7. The first-order valence-corrected chi connectivity index (χ1v) is 8.37. The van der Waals surface area contributed by atoms with Crippen molar-refractivity contribution in [2.24, 2.45) is 0 Å². The number of methoxy groups -OCH3 is 1. The Kier molecular flexibility index (Phi) is 4.69. The van der Waals surface area contributed by atoms with Crippen LogP contribution in [0.2, 0.25) is 0 Å². The molecule has 21 heavy (non-hydrogen) atoms. The van der Waals surface area contributed by atoms with E-state index in [2.05, 4.69) is 30.0 Å². The third-order valence-electron chi connectivity index (χ3n) is 4.97. The Bertz CT molecular complexity index is 468. The average Bonchev–Trinajstić information content (AvgIpc) is 3.18. The van der Waals surface area contributed by atoms with Gasteiger partial charge in [0.25, 0.3) is 0 Å². The standard InChI is InChI=1S/C18H27NO2/c1-3-19-11-10-15(13-19)14-8-9-17(20-2)18(12-14)21-16-6-4-5-7-16/h8-9,12,15-16H,3-7,10-11,13H2,1-2H3. The molecule has 0 aromatic heterocycles. The summed E-state index contributed by atoms with van der Waals surface area (Å²) in [6.07, 6.45) is 6.58. The third-order valence-corrected chi connectivity index (χ3v) is 4.97. The quantitative estimate of drug-likeness (QED) is 0.822. The van der Waals surface area contributed by atoms with Crippen LogP contribution in [0.25, 0.3) is 0 Å². The summed E-state index contributed by atoms with van der Waals surface area (Å²) in [5.41, 5.74) is 1.40. The smallest absolute Gasteiger partial charge is 0.161 e. The van der Waals surface area contributed by atoms with Crippen molar-refractivity contribution in [2.45, 2.75) is 51.0 Å². The van der Waals surface area contributed by atoms with Crippen molar-refractivity contribution < 1.29 is 9.47 Å². The van der Waals surface area contributed by atoms with E-state index in [1.807, 2.05) is 0 Å². The van der Waals surface area contributed by atoms with Gasteiger partial charge in [0.1, 0.15) is 0 Å². The molecule has 3 heteroatoms. The molecule has 0 bridgehead atoms. The van der Waals surface area contributed by atoms with E-state index in [0.717, 1.165) is 18.0 Å². The third kappa shape index (κ3) is 3.34. The molecule has 116 valence electrons. The SMILES string of the molecule is CCN1CCC(c2ccc(OC)c(OC3CCCC3)c2)C1. The molecular formula is C18H27NO2. The summed E-state index contributed by atoms with van der Waals surface area (Å²) in [6, 6.07) is 6.51. The minimum atomic E-state index is 0.380. The molecule has 1 heterocycles. The van der Waals surface area contributed by atoms with Gasteiger partial charge < -0.3 is 14.4 Å². The molecule has 3 nitrogen and oxygen atoms in total. The van der Waals surface area contributed by atoms with Gasteiger partial charge in [-0.25, -0.2) is 0 Å². The van der Waals surface area contributed by atoms with Crippen molar-refractivity contribution >= 4 is 0 Å². The number of hydrogen-bond acceptors (Lipinski definition) is 3. The monoisotopic (exact) mass is 289 g/mol. The van der Waals surface area contributed by atoms with E-state index in [0.29, 0.717) is 12.0 Å². The summed E-state index contributed by atoms with van der Waals surface area (Å²) in [4.78, 5) is 2.52. The van der Waals surface area contributed by atoms with Gasteiger partial charge in [0, 0.05) is 6.54 Å². The number of rotatable bonds is 5. The Morgan fingerprint density at radius 3 is 2.62 bits per heavy atom. The van der Waals surface area contributed by atoms with Crippen molar-refractivity contribution in [3.05, 3.63) is 23.8 Å². The molecule has 1 aliphatic heterocycles. The minimum absolute atomic E-state index is 0.380. The Hall–Kier alpha value is -1.22. The van der Waals surface area contributed by atoms with Crippen LogP contribution in [0.4, 0.5) is 0 Å². The highest BCUT2D eigenvalue weighted by molar-refractivity contribution is 5.44. The van der Waals surface area contributed by atoms with Gasteiger partial charge >= 0.3 is 0 Å². The van der Waals surface area contributed by atoms with Gasteiger partial charge in [-0.3, -0.25) is 0 Å². The maximum atomic E-state index is 6.21. The average molecular weight is 289 g/mol. The van der Waals surface area contributed by atoms with Crippen LogP contribution in [-0.4, -0.2) is 37.7 Å². The zero-order chi connectivity index (χ0) is 14.7. The van der Waals surface area contributed by atoms with Crippen LogP contribution in [0.3, 0.4) is 0 Å². The number of likely N-dealkylation sites (tertiary alicyclic amines) is 1. The maximum absolute atomic E-state index is 6.21. The predicted octanol–water partition coefficient (Wildman–Crippen LogP) is 3.83. The van der Waals surface area contributed by atoms with Crippen molar-refractivity contribution in [3.8, 4) is 11.5 Å². The van der Waals surface area contributed by atoms with Gasteiger partial charge in [0.2, 0.25) is 0 Å². The minimum Gasteiger partial charge on any atom is -0.493 e. The van der Waals surface area contributed by atoms with E-state index in [9.17, 15) is 0 Å².